The Labute approximate surface area is 156 Å². The van der Waals surface area contributed by atoms with Crippen molar-refractivity contribution in [3.05, 3.63) is 39.8 Å². The largest absolute Gasteiger partial charge is 0.493 e. The van der Waals surface area contributed by atoms with Crippen LogP contribution in [0.15, 0.2) is 18.2 Å². The summed E-state index contributed by atoms with van der Waals surface area (Å²) in [5.74, 6) is 0.695. The average Bonchev–Trinajstić information content (AvgIpc) is 2.97. The zero-order valence-corrected chi connectivity index (χ0v) is 15.9. The summed E-state index contributed by atoms with van der Waals surface area (Å²) in [7, 11) is 3.05. The van der Waals surface area contributed by atoms with E-state index in [1.807, 2.05) is 0 Å². The lowest BCUT2D eigenvalue weighted by Gasteiger charge is -2.18. The maximum Gasteiger partial charge on any atom is 0.256 e. The van der Waals surface area contributed by atoms with Crippen molar-refractivity contribution < 1.29 is 19.1 Å². The third kappa shape index (κ3) is 3.39. The number of anilines is 1. The summed E-state index contributed by atoms with van der Waals surface area (Å²) in [6, 6.07) is 4.92. The van der Waals surface area contributed by atoms with Gasteiger partial charge < -0.3 is 20.5 Å². The molecule has 3 N–H and O–H groups in total. The zero-order valence-electron chi connectivity index (χ0n) is 15.0. The summed E-state index contributed by atoms with van der Waals surface area (Å²) in [5, 5.41) is 3.38. The molecule has 1 aromatic heterocycles. The topological polar surface area (TPSA) is 90.6 Å². The van der Waals surface area contributed by atoms with Gasteiger partial charge in [0.2, 0.25) is 0 Å². The molecule has 0 saturated carbocycles. The fraction of sp³-hybridized carbons (Fsp3) is 0.368. The number of ether oxygens (including phenoxy) is 2. The monoisotopic (exact) mass is 374 g/mol. The maximum absolute atomic E-state index is 12.7. The summed E-state index contributed by atoms with van der Waals surface area (Å²) >= 11 is 1.44. The Morgan fingerprint density at radius 2 is 1.96 bits per heavy atom. The minimum absolute atomic E-state index is 0.319. The van der Waals surface area contributed by atoms with Crippen LogP contribution in [0.1, 0.15) is 44.5 Å². The summed E-state index contributed by atoms with van der Waals surface area (Å²) in [6.07, 6.45) is 2.80. The van der Waals surface area contributed by atoms with Gasteiger partial charge in [0.05, 0.1) is 19.8 Å². The molecule has 1 aliphatic carbocycles. The minimum atomic E-state index is -0.501. The highest BCUT2D eigenvalue weighted by atomic mass is 32.1. The third-order valence-electron chi connectivity index (χ3n) is 4.63. The fourth-order valence-corrected chi connectivity index (χ4v) is 4.50. The number of aryl methyl sites for hydroxylation is 1. The van der Waals surface area contributed by atoms with Gasteiger partial charge in [-0.2, -0.15) is 0 Å². The van der Waals surface area contributed by atoms with Crippen LogP contribution in [0.25, 0.3) is 0 Å². The van der Waals surface area contributed by atoms with E-state index in [1.54, 1.807) is 18.2 Å². The molecule has 6 nitrogen and oxygen atoms in total. The Morgan fingerprint density at radius 1 is 1.23 bits per heavy atom. The molecule has 2 amide bonds. The molecule has 0 saturated heterocycles. The van der Waals surface area contributed by atoms with Crippen LogP contribution in [0.2, 0.25) is 0 Å². The standard InChI is InChI=1S/C19H22N2O4S/c1-10-4-7-15-12(8-10)16(17(20)22)19(26-15)21-18(23)11-5-6-13(24-2)14(9-11)25-3/h5-6,9-10H,4,7-8H2,1-3H3,(H2,20,22)(H,21,23)/t10-/m0/s1. The first-order valence-corrected chi connectivity index (χ1v) is 9.24. The summed E-state index contributed by atoms with van der Waals surface area (Å²) in [4.78, 5) is 25.8. The summed E-state index contributed by atoms with van der Waals surface area (Å²) in [6.45, 7) is 2.16. The van der Waals surface area contributed by atoms with Crippen LogP contribution in [-0.2, 0) is 12.8 Å². The second-order valence-electron chi connectivity index (χ2n) is 6.44. The number of amides is 2. The summed E-state index contributed by atoms with van der Waals surface area (Å²) in [5.41, 5.74) is 7.46. The van der Waals surface area contributed by atoms with E-state index < -0.39 is 5.91 Å². The number of carbonyl (C=O) groups is 2. The van der Waals surface area contributed by atoms with Crippen molar-refractivity contribution >= 4 is 28.2 Å². The molecule has 0 fully saturated rings. The Morgan fingerprint density at radius 3 is 2.62 bits per heavy atom. The van der Waals surface area contributed by atoms with Crippen LogP contribution < -0.4 is 20.5 Å². The predicted octanol–water partition coefficient (Wildman–Crippen LogP) is 3.24. The number of benzene rings is 1. The molecule has 1 heterocycles. The molecule has 0 spiro atoms. The molecule has 0 bridgehead atoms. The molecule has 138 valence electrons. The number of hydrogen-bond acceptors (Lipinski definition) is 5. The first-order chi connectivity index (χ1) is 12.4. The molecule has 7 heteroatoms. The minimum Gasteiger partial charge on any atom is -0.493 e. The molecule has 3 rings (SSSR count). The van der Waals surface area contributed by atoms with Crippen LogP contribution in [0.4, 0.5) is 5.00 Å². The first-order valence-electron chi connectivity index (χ1n) is 8.42. The highest BCUT2D eigenvalue weighted by Gasteiger charge is 2.27. The number of thiophene rings is 1. The SMILES string of the molecule is COc1ccc(C(=O)Nc2sc3c(c2C(N)=O)C[C@@H](C)CC3)cc1OC. The van der Waals surface area contributed by atoms with Gasteiger partial charge in [-0.1, -0.05) is 6.92 Å². The van der Waals surface area contributed by atoms with Gasteiger partial charge in [0.1, 0.15) is 5.00 Å². The Hall–Kier alpha value is -2.54. The molecular weight excluding hydrogens is 352 g/mol. The Bertz CT molecular complexity index is 859. The van der Waals surface area contributed by atoms with Crippen LogP contribution in [0.3, 0.4) is 0 Å². The molecular formula is C19H22N2O4S. The van der Waals surface area contributed by atoms with Gasteiger partial charge >= 0.3 is 0 Å². The molecule has 1 atom stereocenters. The Balaban J connectivity index is 1.91. The van der Waals surface area contributed by atoms with Crippen molar-refractivity contribution in [1.29, 1.82) is 0 Å². The first kappa shape index (κ1) is 18.3. The highest BCUT2D eigenvalue weighted by Crippen LogP contribution is 2.39. The highest BCUT2D eigenvalue weighted by molar-refractivity contribution is 7.17. The van der Waals surface area contributed by atoms with E-state index in [1.165, 1.54) is 25.6 Å². The number of nitrogens with one attached hydrogen (secondary N) is 1. The number of hydrogen-bond donors (Lipinski definition) is 2. The van der Waals surface area contributed by atoms with E-state index in [0.717, 1.165) is 29.7 Å². The predicted molar refractivity (Wildman–Crippen MR) is 102 cm³/mol. The van der Waals surface area contributed by atoms with E-state index in [0.29, 0.717) is 33.5 Å². The smallest absolute Gasteiger partial charge is 0.256 e. The van der Waals surface area contributed by atoms with Crippen molar-refractivity contribution in [2.75, 3.05) is 19.5 Å². The molecule has 2 aromatic rings. The van der Waals surface area contributed by atoms with Gasteiger partial charge in [0, 0.05) is 10.4 Å². The number of methoxy groups -OCH3 is 2. The third-order valence-corrected chi connectivity index (χ3v) is 5.83. The lowest BCUT2D eigenvalue weighted by atomic mass is 9.87. The fourth-order valence-electron chi connectivity index (χ4n) is 3.26. The normalized spacial score (nSPS) is 15.9. The molecule has 1 aliphatic rings. The number of fused-ring (bicyclic) bond motifs is 1. The Kier molecular flexibility index (Phi) is 5.18. The van der Waals surface area contributed by atoms with Crippen LogP contribution >= 0.6 is 11.3 Å². The van der Waals surface area contributed by atoms with Crippen molar-refractivity contribution in [1.82, 2.24) is 0 Å². The molecule has 0 aliphatic heterocycles. The number of rotatable bonds is 5. The number of nitrogens with two attached hydrogens (primary N) is 1. The van der Waals surface area contributed by atoms with Gasteiger partial charge in [-0.05, 0) is 48.9 Å². The van der Waals surface area contributed by atoms with Crippen LogP contribution in [0.5, 0.6) is 11.5 Å². The van der Waals surface area contributed by atoms with E-state index in [9.17, 15) is 9.59 Å². The second-order valence-corrected chi connectivity index (χ2v) is 7.55. The van der Waals surface area contributed by atoms with E-state index in [-0.39, 0.29) is 5.91 Å². The van der Waals surface area contributed by atoms with Gasteiger partial charge in [0.25, 0.3) is 11.8 Å². The van der Waals surface area contributed by atoms with Gasteiger partial charge in [-0.25, -0.2) is 0 Å². The molecule has 1 aromatic carbocycles. The lowest BCUT2D eigenvalue weighted by Crippen LogP contribution is -2.19. The second kappa shape index (κ2) is 7.37. The maximum atomic E-state index is 12.7. The van der Waals surface area contributed by atoms with Crippen molar-refractivity contribution in [3.63, 3.8) is 0 Å². The van der Waals surface area contributed by atoms with E-state index in [4.69, 9.17) is 15.2 Å². The van der Waals surface area contributed by atoms with Gasteiger partial charge in [-0.15, -0.1) is 11.3 Å². The van der Waals surface area contributed by atoms with Crippen molar-refractivity contribution in [2.24, 2.45) is 11.7 Å². The molecule has 26 heavy (non-hydrogen) atoms. The molecule has 0 unspecified atom stereocenters. The lowest BCUT2D eigenvalue weighted by molar-refractivity contribution is 0.1000. The molecule has 0 radical (unpaired) electrons. The van der Waals surface area contributed by atoms with E-state index >= 15 is 0 Å². The van der Waals surface area contributed by atoms with Crippen molar-refractivity contribution in [3.8, 4) is 11.5 Å². The number of primary amides is 1. The number of carbonyl (C=O) groups excluding carboxylic acids is 2. The quantitative estimate of drug-likeness (QED) is 0.840. The average molecular weight is 374 g/mol. The zero-order chi connectivity index (χ0) is 18.8. The van der Waals surface area contributed by atoms with Crippen LogP contribution in [0, 0.1) is 5.92 Å². The summed E-state index contributed by atoms with van der Waals surface area (Å²) < 4.78 is 10.4. The van der Waals surface area contributed by atoms with Crippen LogP contribution in [-0.4, -0.2) is 26.0 Å². The van der Waals surface area contributed by atoms with E-state index in [2.05, 4.69) is 12.2 Å². The van der Waals surface area contributed by atoms with Gasteiger partial charge in [0.15, 0.2) is 11.5 Å². The van der Waals surface area contributed by atoms with Crippen molar-refractivity contribution in [2.45, 2.75) is 26.2 Å². The van der Waals surface area contributed by atoms with Gasteiger partial charge in [-0.3, -0.25) is 9.59 Å².